The van der Waals surface area contributed by atoms with E-state index in [4.69, 9.17) is 14.2 Å². The van der Waals surface area contributed by atoms with Crippen LogP contribution in [0.5, 0.6) is 17.2 Å². The third kappa shape index (κ3) is 5.05. The van der Waals surface area contributed by atoms with Gasteiger partial charge in [-0.15, -0.1) is 0 Å². The Hall–Kier alpha value is -2.49. The zero-order valence-electron chi connectivity index (χ0n) is 19.5. The molecule has 0 aromatic heterocycles. The van der Waals surface area contributed by atoms with Crippen LogP contribution in [0.3, 0.4) is 0 Å². The van der Waals surface area contributed by atoms with E-state index in [1.165, 1.54) is 29.3 Å². The van der Waals surface area contributed by atoms with Crippen LogP contribution in [-0.4, -0.2) is 36.3 Å². The monoisotopic (exact) mass is 514 g/mol. The molecule has 0 amide bonds. The van der Waals surface area contributed by atoms with Crippen LogP contribution < -0.4 is 14.2 Å². The van der Waals surface area contributed by atoms with Gasteiger partial charge in [0.15, 0.2) is 0 Å². The van der Waals surface area contributed by atoms with E-state index >= 15 is 0 Å². The van der Waals surface area contributed by atoms with E-state index in [0.717, 1.165) is 29.9 Å². The molecule has 0 aliphatic carbocycles. The molecule has 0 saturated carbocycles. The molecular formula is C28H31FO3Se. The Balaban J connectivity index is 1.88. The summed E-state index contributed by atoms with van der Waals surface area (Å²) in [6.45, 7) is 0. The summed E-state index contributed by atoms with van der Waals surface area (Å²) in [5, 5.41) is 1.24. The minimum absolute atomic E-state index is 0.0232. The summed E-state index contributed by atoms with van der Waals surface area (Å²) in [4.78, 5) is 0. The van der Waals surface area contributed by atoms with Crippen LogP contribution in [0.4, 0.5) is 4.39 Å². The van der Waals surface area contributed by atoms with E-state index in [1.54, 1.807) is 33.5 Å². The third-order valence-corrected chi connectivity index (χ3v) is 10.0. The van der Waals surface area contributed by atoms with Crippen molar-refractivity contribution in [3.05, 3.63) is 89.2 Å². The molecule has 4 rings (SSSR count). The molecule has 1 aliphatic rings. The normalized spacial score (nSPS) is 19.0. The molecule has 0 N–H and O–H groups in total. The summed E-state index contributed by atoms with van der Waals surface area (Å²) < 4.78 is 31.1. The quantitative estimate of drug-likeness (QED) is 0.319. The van der Waals surface area contributed by atoms with Crippen LogP contribution in [0.15, 0.2) is 66.7 Å². The van der Waals surface area contributed by atoms with Crippen molar-refractivity contribution in [1.82, 2.24) is 0 Å². The summed E-state index contributed by atoms with van der Waals surface area (Å²) in [6, 6.07) is 21.6. The van der Waals surface area contributed by atoms with Gasteiger partial charge in [0, 0.05) is 0 Å². The van der Waals surface area contributed by atoms with Crippen LogP contribution in [0.25, 0.3) is 0 Å². The number of ether oxygens (including phenoxy) is 3. The topological polar surface area (TPSA) is 27.7 Å². The van der Waals surface area contributed by atoms with Gasteiger partial charge in [-0.3, -0.25) is 0 Å². The molecule has 2 unspecified atom stereocenters. The maximum absolute atomic E-state index is 13.8. The van der Waals surface area contributed by atoms with Gasteiger partial charge < -0.3 is 0 Å². The van der Waals surface area contributed by atoms with E-state index in [0.29, 0.717) is 20.7 Å². The summed E-state index contributed by atoms with van der Waals surface area (Å²) in [6.07, 6.45) is 4.50. The van der Waals surface area contributed by atoms with Gasteiger partial charge >= 0.3 is 203 Å². The van der Waals surface area contributed by atoms with Crippen LogP contribution >= 0.6 is 0 Å². The number of halogens is 1. The van der Waals surface area contributed by atoms with Gasteiger partial charge in [0.2, 0.25) is 0 Å². The van der Waals surface area contributed by atoms with Gasteiger partial charge in [-0.2, -0.15) is 0 Å². The van der Waals surface area contributed by atoms with E-state index < -0.39 is 0 Å². The van der Waals surface area contributed by atoms with Gasteiger partial charge in [0.05, 0.1) is 0 Å². The number of methoxy groups -OCH3 is 3. The molecule has 174 valence electrons. The van der Waals surface area contributed by atoms with E-state index in [2.05, 4.69) is 24.3 Å². The van der Waals surface area contributed by atoms with Crippen LogP contribution in [0.2, 0.25) is 5.32 Å². The van der Waals surface area contributed by atoms with Crippen LogP contribution in [0, 0.1) is 5.82 Å². The summed E-state index contributed by atoms with van der Waals surface area (Å²) >= 11 is 0.406. The molecule has 5 heteroatoms. The summed E-state index contributed by atoms with van der Waals surface area (Å²) in [7, 11) is 5.04. The first-order valence-electron chi connectivity index (χ1n) is 11.3. The second-order valence-corrected chi connectivity index (χ2v) is 11.5. The predicted molar refractivity (Wildman–Crippen MR) is 131 cm³/mol. The Morgan fingerprint density at radius 3 is 2.09 bits per heavy atom. The molecule has 3 nitrogen and oxygen atoms in total. The second-order valence-electron chi connectivity index (χ2n) is 8.42. The van der Waals surface area contributed by atoms with E-state index in [9.17, 15) is 4.39 Å². The van der Waals surface area contributed by atoms with Crippen molar-refractivity contribution in [1.29, 1.82) is 0 Å². The Bertz CT molecular complexity index is 1020. The molecule has 0 bridgehead atoms. The molecule has 0 spiro atoms. The molecular weight excluding hydrogens is 482 g/mol. The van der Waals surface area contributed by atoms with Crippen molar-refractivity contribution in [3.8, 4) is 17.2 Å². The van der Waals surface area contributed by atoms with Crippen molar-refractivity contribution in [2.24, 2.45) is 0 Å². The molecule has 0 radical (unpaired) electrons. The number of hydrogen-bond donors (Lipinski definition) is 0. The molecule has 1 saturated heterocycles. The average Bonchev–Trinajstić information content (AvgIpc) is 2.88. The Morgan fingerprint density at radius 1 is 0.879 bits per heavy atom. The fraction of sp³-hybridized carbons (Fsp3) is 0.357. The first-order valence-corrected chi connectivity index (χ1v) is 13.4. The van der Waals surface area contributed by atoms with Crippen molar-refractivity contribution < 1.29 is 18.6 Å². The maximum atomic E-state index is 13.8. The van der Waals surface area contributed by atoms with E-state index in [1.807, 2.05) is 30.3 Å². The summed E-state index contributed by atoms with van der Waals surface area (Å²) in [5.41, 5.74) is 3.51. The van der Waals surface area contributed by atoms with E-state index in [-0.39, 0.29) is 16.0 Å². The van der Waals surface area contributed by atoms with Gasteiger partial charge in [-0.05, 0) is 0 Å². The van der Waals surface area contributed by atoms with Crippen LogP contribution in [-0.2, 0) is 4.31 Å². The number of benzene rings is 3. The van der Waals surface area contributed by atoms with Gasteiger partial charge in [0.1, 0.15) is 0 Å². The summed E-state index contributed by atoms with van der Waals surface area (Å²) in [5.74, 6) is 2.10. The molecule has 2 atom stereocenters. The van der Waals surface area contributed by atoms with Crippen molar-refractivity contribution >= 4 is 15.0 Å². The first-order chi connectivity index (χ1) is 16.1. The van der Waals surface area contributed by atoms with Gasteiger partial charge in [-0.1, -0.05) is 0 Å². The van der Waals surface area contributed by atoms with Gasteiger partial charge in [0.25, 0.3) is 0 Å². The Kier molecular flexibility index (Phi) is 7.62. The zero-order valence-corrected chi connectivity index (χ0v) is 21.2. The average molecular weight is 514 g/mol. The third-order valence-electron chi connectivity index (χ3n) is 6.56. The Morgan fingerprint density at radius 2 is 1.55 bits per heavy atom. The standard InChI is InChI=1S/C28H31FO3Se/c1-30-23-17-25(31-2)27(26(18-23)32-3)24(20-9-5-4-6-10-20)19-28(15-7-8-16-33-28)21-11-13-22(29)14-12-21/h4-6,9-14,17-18,24H,7-8,15-16,19H2,1-3H3. The SMILES string of the molecule is COc1cc(OC)c(C(CC2(c3ccc(F)cc3)CCCC[Se]2)c2ccccc2)c(OC)c1. The molecule has 1 aliphatic heterocycles. The number of rotatable bonds is 8. The molecule has 1 fully saturated rings. The zero-order chi connectivity index (χ0) is 23.3. The Labute approximate surface area is 202 Å². The predicted octanol–water partition coefficient (Wildman–Crippen LogP) is 6.58. The van der Waals surface area contributed by atoms with Crippen molar-refractivity contribution in [2.45, 2.75) is 41.2 Å². The van der Waals surface area contributed by atoms with Crippen molar-refractivity contribution in [3.63, 3.8) is 0 Å². The molecule has 33 heavy (non-hydrogen) atoms. The first kappa shape index (κ1) is 23.7. The van der Waals surface area contributed by atoms with Crippen molar-refractivity contribution in [2.75, 3.05) is 21.3 Å². The van der Waals surface area contributed by atoms with Crippen LogP contribution in [0.1, 0.15) is 48.3 Å². The number of hydrogen-bond acceptors (Lipinski definition) is 3. The second kappa shape index (κ2) is 10.6. The van der Waals surface area contributed by atoms with Gasteiger partial charge in [-0.25, -0.2) is 0 Å². The molecule has 3 aromatic carbocycles. The fourth-order valence-electron chi connectivity index (χ4n) is 4.89. The minimum atomic E-state index is -0.185. The fourth-order valence-corrected chi connectivity index (χ4v) is 8.28. The molecule has 3 aromatic rings. The molecule has 1 heterocycles.